The zero-order valence-corrected chi connectivity index (χ0v) is 7.74. The predicted octanol–water partition coefficient (Wildman–Crippen LogP) is 1.87. The molecule has 0 aliphatic rings. The SMILES string of the molecule is CCC(F)(F)C(O)(O)c1ccccc1. The van der Waals surface area contributed by atoms with Crippen molar-refractivity contribution in [3.8, 4) is 0 Å². The van der Waals surface area contributed by atoms with Crippen LogP contribution in [-0.2, 0) is 5.79 Å². The Morgan fingerprint density at radius 1 is 1.14 bits per heavy atom. The fraction of sp³-hybridized carbons (Fsp3) is 0.400. The van der Waals surface area contributed by atoms with Crippen molar-refractivity contribution < 1.29 is 19.0 Å². The molecular formula is C10H12F2O2. The van der Waals surface area contributed by atoms with Crippen molar-refractivity contribution in [2.24, 2.45) is 0 Å². The molecule has 0 saturated carbocycles. The molecule has 4 heteroatoms. The highest BCUT2D eigenvalue weighted by atomic mass is 19.3. The summed E-state index contributed by atoms with van der Waals surface area (Å²) in [6.45, 7) is 1.20. The van der Waals surface area contributed by atoms with Gasteiger partial charge in [0, 0.05) is 12.0 Å². The lowest BCUT2D eigenvalue weighted by atomic mass is 9.98. The van der Waals surface area contributed by atoms with Crippen molar-refractivity contribution in [2.75, 3.05) is 0 Å². The highest BCUT2D eigenvalue weighted by Gasteiger charge is 2.51. The number of hydrogen-bond donors (Lipinski definition) is 2. The lowest BCUT2D eigenvalue weighted by Gasteiger charge is -2.30. The van der Waals surface area contributed by atoms with Crippen molar-refractivity contribution in [1.82, 2.24) is 0 Å². The van der Waals surface area contributed by atoms with Gasteiger partial charge in [-0.25, -0.2) is 8.78 Å². The van der Waals surface area contributed by atoms with Gasteiger partial charge in [-0.2, -0.15) is 0 Å². The predicted molar refractivity (Wildman–Crippen MR) is 47.8 cm³/mol. The second kappa shape index (κ2) is 3.63. The normalized spacial score (nSPS) is 12.9. The average Bonchev–Trinajstić information content (AvgIpc) is 2.19. The molecule has 1 aromatic carbocycles. The highest BCUT2D eigenvalue weighted by Crippen LogP contribution is 2.37. The number of alkyl halides is 2. The van der Waals surface area contributed by atoms with Crippen molar-refractivity contribution >= 4 is 0 Å². The highest BCUT2D eigenvalue weighted by molar-refractivity contribution is 5.21. The Morgan fingerprint density at radius 2 is 1.64 bits per heavy atom. The molecule has 0 aliphatic carbocycles. The molecule has 78 valence electrons. The van der Waals surface area contributed by atoms with Crippen LogP contribution < -0.4 is 0 Å². The van der Waals surface area contributed by atoms with Gasteiger partial charge in [0.25, 0.3) is 5.79 Å². The van der Waals surface area contributed by atoms with E-state index in [0.717, 1.165) is 0 Å². The molecule has 0 aromatic heterocycles. The van der Waals surface area contributed by atoms with Gasteiger partial charge in [0.15, 0.2) is 0 Å². The lowest BCUT2D eigenvalue weighted by Crippen LogP contribution is -2.44. The number of rotatable bonds is 3. The Hall–Kier alpha value is -1.00. The maximum Gasteiger partial charge on any atom is 0.304 e. The molecule has 0 saturated heterocycles. The first-order chi connectivity index (χ1) is 6.42. The van der Waals surface area contributed by atoms with Crippen LogP contribution in [0.1, 0.15) is 18.9 Å². The molecule has 2 N–H and O–H groups in total. The largest absolute Gasteiger partial charge is 0.357 e. The third kappa shape index (κ3) is 1.76. The number of halogens is 2. The fourth-order valence-corrected chi connectivity index (χ4v) is 1.13. The first kappa shape index (κ1) is 11.1. The summed E-state index contributed by atoms with van der Waals surface area (Å²) in [6, 6.07) is 7.07. The van der Waals surface area contributed by atoms with Gasteiger partial charge in [0.1, 0.15) is 0 Å². The van der Waals surface area contributed by atoms with E-state index in [2.05, 4.69) is 0 Å². The van der Waals surface area contributed by atoms with Crippen LogP contribution in [0.15, 0.2) is 30.3 Å². The molecule has 0 radical (unpaired) electrons. The fourth-order valence-electron chi connectivity index (χ4n) is 1.13. The van der Waals surface area contributed by atoms with E-state index in [1.165, 1.54) is 31.2 Å². The van der Waals surface area contributed by atoms with Crippen molar-refractivity contribution in [3.05, 3.63) is 35.9 Å². The van der Waals surface area contributed by atoms with Crippen LogP contribution in [0.2, 0.25) is 0 Å². The monoisotopic (exact) mass is 202 g/mol. The number of benzene rings is 1. The summed E-state index contributed by atoms with van der Waals surface area (Å²) in [5.41, 5.74) is -0.202. The van der Waals surface area contributed by atoms with Gasteiger partial charge in [0.2, 0.25) is 0 Å². The van der Waals surface area contributed by atoms with Crippen LogP contribution in [0.25, 0.3) is 0 Å². The minimum Gasteiger partial charge on any atom is -0.357 e. The summed E-state index contributed by atoms with van der Waals surface area (Å²) < 4.78 is 26.2. The summed E-state index contributed by atoms with van der Waals surface area (Å²) in [6.07, 6.45) is -0.630. The minimum atomic E-state index is -3.55. The zero-order valence-electron chi connectivity index (χ0n) is 7.74. The van der Waals surface area contributed by atoms with Crippen LogP contribution >= 0.6 is 0 Å². The Labute approximate surface area is 80.8 Å². The smallest absolute Gasteiger partial charge is 0.304 e. The van der Waals surface area contributed by atoms with E-state index in [4.69, 9.17) is 0 Å². The van der Waals surface area contributed by atoms with E-state index in [-0.39, 0.29) is 5.56 Å². The summed E-state index contributed by atoms with van der Waals surface area (Å²) in [4.78, 5) is 0. The molecule has 0 heterocycles. The van der Waals surface area contributed by atoms with Gasteiger partial charge < -0.3 is 10.2 Å². The summed E-state index contributed by atoms with van der Waals surface area (Å²) in [7, 11) is 0. The lowest BCUT2D eigenvalue weighted by molar-refractivity contribution is -0.306. The average molecular weight is 202 g/mol. The Kier molecular flexibility index (Phi) is 2.87. The van der Waals surface area contributed by atoms with E-state index >= 15 is 0 Å². The molecule has 0 spiro atoms. The van der Waals surface area contributed by atoms with Gasteiger partial charge in [0.05, 0.1) is 0 Å². The summed E-state index contributed by atoms with van der Waals surface area (Å²) in [5, 5.41) is 18.6. The Balaban J connectivity index is 3.08. The molecule has 0 fully saturated rings. The Bertz CT molecular complexity index is 296. The zero-order chi connectivity index (χ0) is 10.8. The van der Waals surface area contributed by atoms with Gasteiger partial charge in [-0.3, -0.25) is 0 Å². The molecule has 1 rings (SSSR count). The molecule has 14 heavy (non-hydrogen) atoms. The van der Waals surface area contributed by atoms with E-state index in [1.807, 2.05) is 0 Å². The van der Waals surface area contributed by atoms with Crippen LogP contribution in [0.3, 0.4) is 0 Å². The second-order valence-electron chi connectivity index (χ2n) is 3.10. The molecule has 0 atom stereocenters. The molecule has 0 bridgehead atoms. The number of aliphatic hydroxyl groups is 2. The van der Waals surface area contributed by atoms with Crippen molar-refractivity contribution in [2.45, 2.75) is 25.1 Å². The van der Waals surface area contributed by atoms with Crippen LogP contribution in [0.5, 0.6) is 0 Å². The second-order valence-corrected chi connectivity index (χ2v) is 3.10. The minimum absolute atomic E-state index is 0.202. The quantitative estimate of drug-likeness (QED) is 0.734. The molecule has 2 nitrogen and oxygen atoms in total. The van der Waals surface area contributed by atoms with Crippen molar-refractivity contribution in [3.63, 3.8) is 0 Å². The van der Waals surface area contributed by atoms with Crippen molar-refractivity contribution in [1.29, 1.82) is 0 Å². The molecule has 1 aromatic rings. The number of hydrogen-bond acceptors (Lipinski definition) is 2. The third-order valence-corrected chi connectivity index (χ3v) is 2.13. The third-order valence-electron chi connectivity index (χ3n) is 2.13. The van der Waals surface area contributed by atoms with E-state index in [1.54, 1.807) is 6.07 Å². The van der Waals surface area contributed by atoms with E-state index < -0.39 is 18.1 Å². The molecule has 0 amide bonds. The molecule has 0 unspecified atom stereocenters. The van der Waals surface area contributed by atoms with Gasteiger partial charge >= 0.3 is 5.92 Å². The maximum absolute atomic E-state index is 13.1. The van der Waals surface area contributed by atoms with Crippen LogP contribution in [0.4, 0.5) is 8.78 Å². The standard InChI is InChI=1S/C10H12F2O2/c1-2-9(11,12)10(13,14)8-6-4-3-5-7-8/h3-7,13-14H,2H2,1H3. The molecule has 0 aliphatic heterocycles. The maximum atomic E-state index is 13.1. The summed E-state index contributed by atoms with van der Waals surface area (Å²) in [5.74, 6) is -6.64. The topological polar surface area (TPSA) is 40.5 Å². The van der Waals surface area contributed by atoms with E-state index in [0.29, 0.717) is 0 Å². The van der Waals surface area contributed by atoms with Crippen LogP contribution in [0, 0.1) is 0 Å². The van der Waals surface area contributed by atoms with Crippen LogP contribution in [-0.4, -0.2) is 16.1 Å². The van der Waals surface area contributed by atoms with Gasteiger partial charge in [-0.05, 0) is 0 Å². The van der Waals surface area contributed by atoms with E-state index in [9.17, 15) is 19.0 Å². The summed E-state index contributed by atoms with van der Waals surface area (Å²) >= 11 is 0. The Morgan fingerprint density at radius 3 is 2.07 bits per heavy atom. The first-order valence-corrected chi connectivity index (χ1v) is 4.30. The molecular weight excluding hydrogens is 190 g/mol. The first-order valence-electron chi connectivity index (χ1n) is 4.30. The van der Waals surface area contributed by atoms with Gasteiger partial charge in [-0.15, -0.1) is 0 Å². The van der Waals surface area contributed by atoms with Gasteiger partial charge in [-0.1, -0.05) is 37.3 Å².